The summed E-state index contributed by atoms with van der Waals surface area (Å²) in [5.41, 5.74) is 0.104. The van der Waals surface area contributed by atoms with Crippen molar-refractivity contribution in [3.8, 4) is 0 Å². The van der Waals surface area contributed by atoms with Crippen molar-refractivity contribution in [1.82, 2.24) is 10.2 Å². The van der Waals surface area contributed by atoms with Crippen molar-refractivity contribution in [3.05, 3.63) is 0 Å². The molecule has 2 fully saturated rings. The Morgan fingerprint density at radius 2 is 2.00 bits per heavy atom. The Balaban J connectivity index is 1.64. The molecule has 1 heterocycles. The summed E-state index contributed by atoms with van der Waals surface area (Å²) >= 11 is 0. The first-order valence-corrected chi connectivity index (χ1v) is 8.20. The number of nitrogens with one attached hydrogen (secondary N) is 1. The van der Waals surface area contributed by atoms with E-state index in [4.69, 9.17) is 4.74 Å². The second-order valence-corrected chi connectivity index (χ2v) is 6.71. The van der Waals surface area contributed by atoms with Crippen LogP contribution in [0, 0.1) is 0 Å². The summed E-state index contributed by atoms with van der Waals surface area (Å²) in [5.74, 6) is 0. The average molecular weight is 268 g/mol. The zero-order valence-corrected chi connectivity index (χ0v) is 13.1. The molecule has 1 saturated carbocycles. The molecule has 2 unspecified atom stereocenters. The summed E-state index contributed by atoms with van der Waals surface area (Å²) in [6, 6.07) is 1.49. The number of likely N-dealkylation sites (N-methyl/N-ethyl adjacent to an activating group) is 1. The molecular formula is C16H32N2O. The molecule has 0 aromatic heterocycles. The van der Waals surface area contributed by atoms with E-state index < -0.39 is 0 Å². The molecule has 0 aromatic carbocycles. The fourth-order valence-corrected chi connectivity index (χ4v) is 3.52. The molecule has 0 bridgehead atoms. The summed E-state index contributed by atoms with van der Waals surface area (Å²) < 4.78 is 5.90. The summed E-state index contributed by atoms with van der Waals surface area (Å²) in [4.78, 5) is 2.55. The van der Waals surface area contributed by atoms with E-state index in [1.54, 1.807) is 0 Å². The Kier molecular flexibility index (Phi) is 5.67. The zero-order chi connectivity index (χ0) is 13.7. The van der Waals surface area contributed by atoms with E-state index in [-0.39, 0.29) is 5.60 Å². The lowest BCUT2D eigenvalue weighted by Gasteiger charge is -2.38. The van der Waals surface area contributed by atoms with E-state index in [1.807, 2.05) is 0 Å². The van der Waals surface area contributed by atoms with Gasteiger partial charge in [-0.05, 0) is 46.1 Å². The molecule has 19 heavy (non-hydrogen) atoms. The largest absolute Gasteiger partial charge is 0.375 e. The van der Waals surface area contributed by atoms with Gasteiger partial charge in [-0.1, -0.05) is 19.8 Å². The molecular weight excluding hydrogens is 236 g/mol. The quantitative estimate of drug-likeness (QED) is 0.801. The lowest BCUT2D eigenvalue weighted by molar-refractivity contribution is -0.0780. The van der Waals surface area contributed by atoms with Crippen LogP contribution < -0.4 is 5.32 Å². The summed E-state index contributed by atoms with van der Waals surface area (Å²) in [5, 5.41) is 3.74. The second kappa shape index (κ2) is 7.05. The van der Waals surface area contributed by atoms with Crippen molar-refractivity contribution in [2.45, 2.75) is 76.5 Å². The van der Waals surface area contributed by atoms with E-state index in [0.29, 0.717) is 6.04 Å². The molecule has 3 nitrogen and oxygen atoms in total. The Morgan fingerprint density at radius 1 is 1.26 bits per heavy atom. The van der Waals surface area contributed by atoms with Crippen LogP contribution in [0.2, 0.25) is 0 Å². The van der Waals surface area contributed by atoms with Crippen molar-refractivity contribution < 1.29 is 4.74 Å². The Labute approximate surface area is 119 Å². The minimum Gasteiger partial charge on any atom is -0.375 e. The maximum Gasteiger partial charge on any atom is 0.0666 e. The van der Waals surface area contributed by atoms with Crippen molar-refractivity contribution >= 4 is 0 Å². The minimum atomic E-state index is 0.104. The highest BCUT2D eigenvalue weighted by Gasteiger charge is 2.31. The number of rotatable bonds is 6. The molecule has 1 aliphatic heterocycles. The molecule has 2 atom stereocenters. The molecule has 112 valence electrons. The van der Waals surface area contributed by atoms with Gasteiger partial charge < -0.3 is 15.0 Å². The maximum atomic E-state index is 5.90. The molecule has 0 amide bonds. The lowest BCUT2D eigenvalue weighted by atomic mass is 9.90. The van der Waals surface area contributed by atoms with Gasteiger partial charge in [-0.3, -0.25) is 0 Å². The van der Waals surface area contributed by atoms with E-state index >= 15 is 0 Å². The average Bonchev–Trinajstić information content (AvgIpc) is 2.93. The van der Waals surface area contributed by atoms with Crippen LogP contribution in [0.15, 0.2) is 0 Å². The molecule has 0 spiro atoms. The minimum absolute atomic E-state index is 0.104. The monoisotopic (exact) mass is 268 g/mol. The van der Waals surface area contributed by atoms with Gasteiger partial charge in [0, 0.05) is 31.8 Å². The predicted molar refractivity (Wildman–Crippen MR) is 80.6 cm³/mol. The van der Waals surface area contributed by atoms with Crippen molar-refractivity contribution in [3.63, 3.8) is 0 Å². The standard InChI is InChI=1S/C16H32N2O/c1-4-16(2)13-14(9-12-19-16)17-10-11-18(3)15-7-5-6-8-15/h14-15,17H,4-13H2,1-3H3. The van der Waals surface area contributed by atoms with Gasteiger partial charge in [0.05, 0.1) is 5.60 Å². The van der Waals surface area contributed by atoms with Crippen LogP contribution in [-0.4, -0.2) is 49.3 Å². The highest BCUT2D eigenvalue weighted by Crippen LogP contribution is 2.27. The Bertz CT molecular complexity index is 265. The molecule has 0 aromatic rings. The van der Waals surface area contributed by atoms with Gasteiger partial charge in [-0.2, -0.15) is 0 Å². The van der Waals surface area contributed by atoms with Crippen LogP contribution >= 0.6 is 0 Å². The summed E-state index contributed by atoms with van der Waals surface area (Å²) in [6.45, 7) is 7.71. The van der Waals surface area contributed by atoms with Gasteiger partial charge in [0.1, 0.15) is 0 Å². The fourth-order valence-electron chi connectivity index (χ4n) is 3.52. The SMILES string of the molecule is CCC1(C)CC(NCCN(C)C2CCCC2)CCO1. The van der Waals surface area contributed by atoms with E-state index in [9.17, 15) is 0 Å². The first kappa shape index (κ1) is 15.3. The van der Waals surface area contributed by atoms with Crippen LogP contribution in [0.3, 0.4) is 0 Å². The zero-order valence-electron chi connectivity index (χ0n) is 13.1. The van der Waals surface area contributed by atoms with Crippen LogP contribution in [0.4, 0.5) is 0 Å². The van der Waals surface area contributed by atoms with Gasteiger partial charge >= 0.3 is 0 Å². The molecule has 1 N–H and O–H groups in total. The number of hydrogen-bond acceptors (Lipinski definition) is 3. The van der Waals surface area contributed by atoms with Gasteiger partial charge in [0.25, 0.3) is 0 Å². The van der Waals surface area contributed by atoms with Crippen molar-refractivity contribution in [1.29, 1.82) is 0 Å². The van der Waals surface area contributed by atoms with E-state index in [0.717, 1.165) is 32.0 Å². The van der Waals surface area contributed by atoms with E-state index in [2.05, 4.69) is 31.1 Å². The van der Waals surface area contributed by atoms with Crippen molar-refractivity contribution in [2.24, 2.45) is 0 Å². The number of ether oxygens (including phenoxy) is 1. The van der Waals surface area contributed by atoms with Crippen LogP contribution in [-0.2, 0) is 4.74 Å². The van der Waals surface area contributed by atoms with Crippen LogP contribution in [0.25, 0.3) is 0 Å². The summed E-state index contributed by atoms with van der Waals surface area (Å²) in [6.07, 6.45) is 9.12. The fraction of sp³-hybridized carbons (Fsp3) is 1.00. The molecule has 1 saturated heterocycles. The molecule has 3 heteroatoms. The molecule has 0 radical (unpaired) electrons. The van der Waals surface area contributed by atoms with Gasteiger partial charge in [-0.25, -0.2) is 0 Å². The van der Waals surface area contributed by atoms with Crippen LogP contribution in [0.5, 0.6) is 0 Å². The predicted octanol–water partition coefficient (Wildman–Crippen LogP) is 2.80. The van der Waals surface area contributed by atoms with E-state index in [1.165, 1.54) is 38.6 Å². The third-order valence-corrected chi connectivity index (χ3v) is 5.19. The smallest absolute Gasteiger partial charge is 0.0666 e. The summed E-state index contributed by atoms with van der Waals surface area (Å²) in [7, 11) is 2.29. The lowest BCUT2D eigenvalue weighted by Crippen LogP contribution is -2.47. The van der Waals surface area contributed by atoms with Crippen molar-refractivity contribution in [2.75, 3.05) is 26.7 Å². The van der Waals surface area contributed by atoms with Gasteiger partial charge in [0.15, 0.2) is 0 Å². The highest BCUT2D eigenvalue weighted by atomic mass is 16.5. The number of hydrogen-bond donors (Lipinski definition) is 1. The highest BCUT2D eigenvalue weighted by molar-refractivity contribution is 4.85. The molecule has 2 aliphatic rings. The molecule has 1 aliphatic carbocycles. The van der Waals surface area contributed by atoms with Crippen LogP contribution in [0.1, 0.15) is 58.8 Å². The Hall–Kier alpha value is -0.120. The maximum absolute atomic E-state index is 5.90. The first-order valence-electron chi connectivity index (χ1n) is 8.20. The third-order valence-electron chi connectivity index (χ3n) is 5.19. The topological polar surface area (TPSA) is 24.5 Å². The number of nitrogens with zero attached hydrogens (tertiary/aromatic N) is 1. The Morgan fingerprint density at radius 3 is 2.68 bits per heavy atom. The van der Waals surface area contributed by atoms with Gasteiger partial charge in [-0.15, -0.1) is 0 Å². The first-order chi connectivity index (χ1) is 9.13. The third kappa shape index (κ3) is 4.44. The van der Waals surface area contributed by atoms with Gasteiger partial charge in [0.2, 0.25) is 0 Å². The molecule has 2 rings (SSSR count). The normalized spacial score (nSPS) is 33.2. The second-order valence-electron chi connectivity index (χ2n) is 6.71.